The molecule has 0 saturated carbocycles. The fraction of sp³-hybridized carbons (Fsp3) is 0.700. The molecule has 1 atom stereocenters. The van der Waals surface area contributed by atoms with E-state index in [1.807, 2.05) is 4.57 Å². The number of imidazole rings is 1. The van der Waals surface area contributed by atoms with Crippen molar-refractivity contribution >= 4 is 0 Å². The zero-order chi connectivity index (χ0) is 9.84. The van der Waals surface area contributed by atoms with Gasteiger partial charge in [0.15, 0.2) is 0 Å². The Bertz CT molecular complexity index is 255. The number of aliphatic hydroxyl groups is 1. The average molecular weight is 182 g/mol. The summed E-state index contributed by atoms with van der Waals surface area (Å²) < 4.78 is 2.02. The van der Waals surface area contributed by atoms with Gasteiger partial charge in [0.25, 0.3) is 0 Å². The van der Waals surface area contributed by atoms with E-state index in [0.717, 1.165) is 12.2 Å². The van der Waals surface area contributed by atoms with Crippen LogP contribution < -0.4 is 0 Å². The molecular formula is C10H18N2O. The molecule has 0 aliphatic rings. The summed E-state index contributed by atoms with van der Waals surface area (Å²) in [5, 5.41) is 9.00. The highest BCUT2D eigenvalue weighted by atomic mass is 16.3. The molecule has 0 radical (unpaired) electrons. The molecule has 3 nitrogen and oxygen atoms in total. The second-order valence-corrected chi connectivity index (χ2v) is 3.92. The van der Waals surface area contributed by atoms with Gasteiger partial charge >= 0.3 is 0 Å². The molecule has 0 aliphatic carbocycles. The van der Waals surface area contributed by atoms with Crippen molar-refractivity contribution in [3.8, 4) is 0 Å². The first-order chi connectivity index (χ1) is 6.15. The van der Waals surface area contributed by atoms with Crippen LogP contribution in [0.15, 0.2) is 12.5 Å². The van der Waals surface area contributed by atoms with Crippen LogP contribution in [0.2, 0.25) is 0 Å². The third kappa shape index (κ3) is 2.56. The summed E-state index contributed by atoms with van der Waals surface area (Å²) in [5.74, 6) is 1.27. The highest BCUT2D eigenvalue weighted by molar-refractivity contribution is 4.96. The smallest absolute Gasteiger partial charge is 0.0948 e. The number of aromatic nitrogens is 2. The van der Waals surface area contributed by atoms with Crippen LogP contribution in [0.3, 0.4) is 0 Å². The summed E-state index contributed by atoms with van der Waals surface area (Å²) >= 11 is 0. The molecule has 0 bridgehead atoms. The van der Waals surface area contributed by atoms with Crippen LogP contribution in [0, 0.1) is 11.8 Å². The van der Waals surface area contributed by atoms with Crippen molar-refractivity contribution in [3.63, 3.8) is 0 Å². The Morgan fingerprint density at radius 1 is 1.46 bits per heavy atom. The normalized spacial score (nSPS) is 13.6. The molecule has 1 heterocycles. The van der Waals surface area contributed by atoms with Crippen molar-refractivity contribution in [2.45, 2.75) is 33.9 Å². The largest absolute Gasteiger partial charge is 0.390 e. The first-order valence-corrected chi connectivity index (χ1v) is 4.75. The molecule has 1 unspecified atom stereocenters. The number of hydrogen-bond donors (Lipinski definition) is 1. The van der Waals surface area contributed by atoms with Gasteiger partial charge in [-0.1, -0.05) is 20.8 Å². The molecule has 13 heavy (non-hydrogen) atoms. The van der Waals surface area contributed by atoms with Gasteiger partial charge in [0.05, 0.1) is 24.8 Å². The summed E-state index contributed by atoms with van der Waals surface area (Å²) in [6.07, 6.45) is 3.50. The Kier molecular flexibility index (Phi) is 3.48. The average Bonchev–Trinajstić information content (AvgIpc) is 2.51. The Balaban J connectivity index is 2.62. The zero-order valence-electron chi connectivity index (χ0n) is 8.57. The molecule has 0 aromatic carbocycles. The number of hydrogen-bond acceptors (Lipinski definition) is 2. The Labute approximate surface area is 79.4 Å². The summed E-state index contributed by atoms with van der Waals surface area (Å²) in [6.45, 7) is 7.64. The molecule has 0 aliphatic heterocycles. The monoisotopic (exact) mass is 182 g/mol. The van der Waals surface area contributed by atoms with Gasteiger partial charge in [-0.25, -0.2) is 4.98 Å². The van der Waals surface area contributed by atoms with Crippen LogP contribution in [-0.4, -0.2) is 14.7 Å². The minimum atomic E-state index is 0.0742. The molecule has 1 N–H and O–H groups in total. The standard InChI is InChI=1S/C10H18N2O/c1-8(2)9(3)5-12-7-11-4-10(12)6-13/h4,7-9,13H,5-6H2,1-3H3. The lowest BCUT2D eigenvalue weighted by atomic mass is 9.98. The van der Waals surface area contributed by atoms with Crippen LogP contribution in [0.1, 0.15) is 26.5 Å². The molecule has 3 heteroatoms. The van der Waals surface area contributed by atoms with E-state index in [1.165, 1.54) is 0 Å². The second kappa shape index (κ2) is 4.42. The number of aliphatic hydroxyl groups excluding tert-OH is 1. The van der Waals surface area contributed by atoms with E-state index in [4.69, 9.17) is 5.11 Å². The van der Waals surface area contributed by atoms with Crippen molar-refractivity contribution in [3.05, 3.63) is 18.2 Å². The van der Waals surface area contributed by atoms with Crippen molar-refractivity contribution < 1.29 is 5.11 Å². The molecule has 0 spiro atoms. The Morgan fingerprint density at radius 2 is 2.15 bits per heavy atom. The van der Waals surface area contributed by atoms with Crippen LogP contribution >= 0.6 is 0 Å². The summed E-state index contributed by atoms with van der Waals surface area (Å²) in [7, 11) is 0. The molecule has 1 rings (SSSR count). The summed E-state index contributed by atoms with van der Waals surface area (Å²) in [5.41, 5.74) is 0.896. The van der Waals surface area contributed by atoms with E-state index in [9.17, 15) is 0 Å². The van der Waals surface area contributed by atoms with E-state index in [-0.39, 0.29) is 6.61 Å². The maximum Gasteiger partial charge on any atom is 0.0948 e. The van der Waals surface area contributed by atoms with Gasteiger partial charge in [0.2, 0.25) is 0 Å². The fourth-order valence-corrected chi connectivity index (χ4v) is 1.17. The highest BCUT2D eigenvalue weighted by Gasteiger charge is 2.09. The molecule has 74 valence electrons. The molecule has 1 aromatic rings. The maximum atomic E-state index is 9.00. The van der Waals surface area contributed by atoms with E-state index >= 15 is 0 Å². The van der Waals surface area contributed by atoms with Crippen molar-refractivity contribution in [1.29, 1.82) is 0 Å². The van der Waals surface area contributed by atoms with Gasteiger partial charge < -0.3 is 9.67 Å². The fourth-order valence-electron chi connectivity index (χ4n) is 1.17. The predicted molar refractivity (Wildman–Crippen MR) is 52.2 cm³/mol. The third-order valence-electron chi connectivity index (χ3n) is 2.58. The van der Waals surface area contributed by atoms with Crippen LogP contribution in [0.5, 0.6) is 0 Å². The summed E-state index contributed by atoms with van der Waals surface area (Å²) in [4.78, 5) is 4.01. The quantitative estimate of drug-likeness (QED) is 0.769. The molecule has 0 fully saturated rings. The van der Waals surface area contributed by atoms with Crippen molar-refractivity contribution in [1.82, 2.24) is 9.55 Å². The highest BCUT2D eigenvalue weighted by Crippen LogP contribution is 2.13. The molecular weight excluding hydrogens is 164 g/mol. The van der Waals surface area contributed by atoms with E-state index in [0.29, 0.717) is 11.8 Å². The third-order valence-corrected chi connectivity index (χ3v) is 2.58. The lowest BCUT2D eigenvalue weighted by Gasteiger charge is -2.17. The van der Waals surface area contributed by atoms with Crippen molar-refractivity contribution in [2.24, 2.45) is 11.8 Å². The van der Waals surface area contributed by atoms with Gasteiger partial charge in [-0.05, 0) is 11.8 Å². The Hall–Kier alpha value is -0.830. The number of rotatable bonds is 4. The van der Waals surface area contributed by atoms with Crippen LogP contribution in [0.4, 0.5) is 0 Å². The SMILES string of the molecule is CC(C)C(C)Cn1cncc1CO. The molecule has 1 aromatic heterocycles. The van der Waals surface area contributed by atoms with E-state index in [2.05, 4.69) is 25.8 Å². The summed E-state index contributed by atoms with van der Waals surface area (Å²) in [6, 6.07) is 0. The van der Waals surface area contributed by atoms with Gasteiger partial charge in [-0.2, -0.15) is 0 Å². The van der Waals surface area contributed by atoms with Gasteiger partial charge in [0.1, 0.15) is 0 Å². The van der Waals surface area contributed by atoms with E-state index < -0.39 is 0 Å². The minimum Gasteiger partial charge on any atom is -0.390 e. The first-order valence-electron chi connectivity index (χ1n) is 4.75. The van der Waals surface area contributed by atoms with Crippen LogP contribution in [-0.2, 0) is 13.2 Å². The van der Waals surface area contributed by atoms with Crippen molar-refractivity contribution in [2.75, 3.05) is 0 Å². The van der Waals surface area contributed by atoms with E-state index in [1.54, 1.807) is 12.5 Å². The molecule has 0 saturated heterocycles. The number of nitrogens with zero attached hydrogens (tertiary/aromatic N) is 2. The van der Waals surface area contributed by atoms with Gasteiger partial charge in [-0.3, -0.25) is 0 Å². The van der Waals surface area contributed by atoms with Gasteiger partial charge in [0, 0.05) is 6.54 Å². The zero-order valence-corrected chi connectivity index (χ0v) is 8.57. The second-order valence-electron chi connectivity index (χ2n) is 3.92. The predicted octanol–water partition coefficient (Wildman–Crippen LogP) is 1.67. The minimum absolute atomic E-state index is 0.0742. The topological polar surface area (TPSA) is 38.0 Å². The van der Waals surface area contributed by atoms with Crippen LogP contribution in [0.25, 0.3) is 0 Å². The Morgan fingerprint density at radius 3 is 2.69 bits per heavy atom. The molecule has 0 amide bonds. The maximum absolute atomic E-state index is 9.00. The van der Waals surface area contributed by atoms with Gasteiger partial charge in [-0.15, -0.1) is 0 Å². The lowest BCUT2D eigenvalue weighted by Crippen LogP contribution is -2.14. The first kappa shape index (κ1) is 10.3. The lowest BCUT2D eigenvalue weighted by molar-refractivity contribution is 0.263.